The fraction of sp³-hybridized carbons (Fsp3) is 0.263. The first kappa shape index (κ1) is 18.4. The molecule has 2 rings (SSSR count). The lowest BCUT2D eigenvalue weighted by molar-refractivity contribution is 0.0850. The topological polar surface area (TPSA) is 77.0 Å². The molecule has 2 aromatic rings. The van der Waals surface area contributed by atoms with Crippen molar-refractivity contribution in [3.05, 3.63) is 59.7 Å². The Morgan fingerprint density at radius 2 is 1.68 bits per heavy atom. The Balaban J connectivity index is 1.84. The molecular formula is C19H20N2O4. The molecule has 0 aliphatic heterocycles. The molecule has 0 atom stereocenters. The summed E-state index contributed by atoms with van der Waals surface area (Å²) in [6, 6.07) is 14.9. The smallest absolute Gasteiger partial charge is 0.411 e. The molecule has 0 bridgehead atoms. The maximum absolute atomic E-state index is 11.6. The van der Waals surface area contributed by atoms with E-state index < -0.39 is 6.09 Å². The normalized spacial score (nSPS) is 9.96. The van der Waals surface area contributed by atoms with Crippen molar-refractivity contribution in [3.63, 3.8) is 0 Å². The van der Waals surface area contributed by atoms with Gasteiger partial charge in [-0.15, -0.1) is 0 Å². The first-order valence-corrected chi connectivity index (χ1v) is 7.98. The highest BCUT2D eigenvalue weighted by molar-refractivity contribution is 5.84. The van der Waals surface area contributed by atoms with E-state index in [9.17, 15) is 9.59 Å². The zero-order chi connectivity index (χ0) is 17.9. The van der Waals surface area contributed by atoms with Crippen LogP contribution in [0.4, 0.5) is 16.2 Å². The van der Waals surface area contributed by atoms with Crippen LogP contribution in [0.5, 0.6) is 0 Å². The summed E-state index contributed by atoms with van der Waals surface area (Å²) in [5, 5.41) is 2.67. The van der Waals surface area contributed by atoms with Crippen molar-refractivity contribution < 1.29 is 19.1 Å². The number of ether oxygens (including phenoxy) is 2. The van der Waals surface area contributed by atoms with E-state index in [4.69, 9.17) is 9.47 Å². The summed E-state index contributed by atoms with van der Waals surface area (Å²) in [4.78, 5) is 25.4. The molecule has 6 heteroatoms. The van der Waals surface area contributed by atoms with Gasteiger partial charge in [0.2, 0.25) is 6.08 Å². The number of carbonyl (C=O) groups excluding carboxylic acids is 2. The van der Waals surface area contributed by atoms with Crippen LogP contribution < -0.4 is 5.32 Å². The maximum atomic E-state index is 11.6. The van der Waals surface area contributed by atoms with E-state index in [1.807, 2.05) is 43.3 Å². The summed E-state index contributed by atoms with van der Waals surface area (Å²) in [5.41, 5.74) is 3.45. The highest BCUT2D eigenvalue weighted by Gasteiger charge is 2.03. The van der Waals surface area contributed by atoms with Crippen LogP contribution in [0.2, 0.25) is 0 Å². The number of amides is 1. The SMILES string of the molecule is CCOCCOC(=O)Nc1ccc(Cc2ccc(N=C=O)cc2)cc1. The third-order valence-electron chi connectivity index (χ3n) is 3.38. The highest BCUT2D eigenvalue weighted by Crippen LogP contribution is 2.17. The van der Waals surface area contributed by atoms with Crippen molar-refractivity contribution in [1.29, 1.82) is 0 Å². The molecule has 6 nitrogen and oxygen atoms in total. The molecule has 0 aromatic heterocycles. The van der Waals surface area contributed by atoms with Crippen LogP contribution in [0.3, 0.4) is 0 Å². The number of anilines is 1. The van der Waals surface area contributed by atoms with Gasteiger partial charge in [0.15, 0.2) is 0 Å². The summed E-state index contributed by atoms with van der Waals surface area (Å²) in [5.74, 6) is 0. The molecular weight excluding hydrogens is 320 g/mol. The minimum Gasteiger partial charge on any atom is -0.447 e. The largest absolute Gasteiger partial charge is 0.447 e. The predicted molar refractivity (Wildman–Crippen MR) is 94.9 cm³/mol. The van der Waals surface area contributed by atoms with Crippen LogP contribution in [-0.2, 0) is 20.7 Å². The van der Waals surface area contributed by atoms with Gasteiger partial charge in [-0.1, -0.05) is 24.3 Å². The number of hydrogen-bond donors (Lipinski definition) is 1. The molecule has 130 valence electrons. The van der Waals surface area contributed by atoms with Gasteiger partial charge in [-0.05, 0) is 48.7 Å². The van der Waals surface area contributed by atoms with Gasteiger partial charge < -0.3 is 9.47 Å². The molecule has 0 aliphatic carbocycles. The molecule has 0 spiro atoms. The Kier molecular flexibility index (Phi) is 7.38. The molecule has 0 aliphatic rings. The van der Waals surface area contributed by atoms with E-state index in [2.05, 4.69) is 10.3 Å². The molecule has 1 amide bonds. The van der Waals surface area contributed by atoms with Crippen LogP contribution in [0.1, 0.15) is 18.1 Å². The van der Waals surface area contributed by atoms with Crippen molar-refractivity contribution in [2.75, 3.05) is 25.1 Å². The summed E-state index contributed by atoms with van der Waals surface area (Å²) >= 11 is 0. The number of benzene rings is 2. The number of aliphatic imine (C=N–C) groups is 1. The molecule has 0 saturated heterocycles. The third kappa shape index (κ3) is 6.59. The van der Waals surface area contributed by atoms with E-state index in [1.165, 1.54) is 6.08 Å². The van der Waals surface area contributed by atoms with Gasteiger partial charge in [-0.25, -0.2) is 9.59 Å². The minimum absolute atomic E-state index is 0.224. The van der Waals surface area contributed by atoms with Crippen molar-refractivity contribution in [1.82, 2.24) is 0 Å². The molecule has 2 aromatic carbocycles. The zero-order valence-electron chi connectivity index (χ0n) is 14.0. The Morgan fingerprint density at radius 3 is 2.28 bits per heavy atom. The van der Waals surface area contributed by atoms with E-state index in [0.717, 1.165) is 17.5 Å². The number of carbonyl (C=O) groups is 1. The monoisotopic (exact) mass is 340 g/mol. The number of isocyanates is 1. The Bertz CT molecular complexity index is 720. The van der Waals surface area contributed by atoms with E-state index in [-0.39, 0.29) is 6.61 Å². The Morgan fingerprint density at radius 1 is 1.04 bits per heavy atom. The van der Waals surface area contributed by atoms with E-state index in [0.29, 0.717) is 24.6 Å². The van der Waals surface area contributed by atoms with Gasteiger partial charge in [0.05, 0.1) is 12.3 Å². The van der Waals surface area contributed by atoms with Gasteiger partial charge in [0.1, 0.15) is 6.61 Å². The van der Waals surface area contributed by atoms with E-state index >= 15 is 0 Å². The first-order valence-electron chi connectivity index (χ1n) is 7.98. The van der Waals surface area contributed by atoms with Crippen LogP contribution in [0.25, 0.3) is 0 Å². The number of hydrogen-bond acceptors (Lipinski definition) is 5. The molecule has 0 heterocycles. The van der Waals surface area contributed by atoms with Gasteiger partial charge >= 0.3 is 6.09 Å². The van der Waals surface area contributed by atoms with Gasteiger partial charge in [0, 0.05) is 12.3 Å². The highest BCUT2D eigenvalue weighted by atomic mass is 16.6. The number of nitrogens with zero attached hydrogens (tertiary/aromatic N) is 1. The lowest BCUT2D eigenvalue weighted by atomic mass is 10.0. The van der Waals surface area contributed by atoms with Gasteiger partial charge in [-0.2, -0.15) is 4.99 Å². The van der Waals surface area contributed by atoms with Crippen molar-refractivity contribution in [2.24, 2.45) is 4.99 Å². The second kappa shape index (κ2) is 10.0. The fourth-order valence-electron chi connectivity index (χ4n) is 2.17. The van der Waals surface area contributed by atoms with Crippen molar-refractivity contribution >= 4 is 23.5 Å². The van der Waals surface area contributed by atoms with Crippen molar-refractivity contribution in [2.45, 2.75) is 13.3 Å². The second-order valence-electron chi connectivity index (χ2n) is 5.20. The second-order valence-corrected chi connectivity index (χ2v) is 5.20. The lowest BCUT2D eigenvalue weighted by Gasteiger charge is -2.08. The quantitative estimate of drug-likeness (QED) is 0.450. The molecule has 0 radical (unpaired) electrons. The average Bonchev–Trinajstić information content (AvgIpc) is 2.62. The predicted octanol–water partition coefficient (Wildman–Crippen LogP) is 3.83. The zero-order valence-corrected chi connectivity index (χ0v) is 14.0. The lowest BCUT2D eigenvalue weighted by Crippen LogP contribution is -2.16. The van der Waals surface area contributed by atoms with Gasteiger partial charge in [-0.3, -0.25) is 5.32 Å². The summed E-state index contributed by atoms with van der Waals surface area (Å²) < 4.78 is 10.1. The minimum atomic E-state index is -0.501. The van der Waals surface area contributed by atoms with Gasteiger partial charge in [0.25, 0.3) is 0 Å². The first-order chi connectivity index (χ1) is 12.2. The maximum Gasteiger partial charge on any atom is 0.411 e. The standard InChI is InChI=1S/C19H20N2O4/c1-2-24-11-12-25-19(23)21-18-9-5-16(6-10-18)13-15-3-7-17(8-4-15)20-14-22/h3-10H,2,11-13H2,1H3,(H,21,23). The Labute approximate surface area is 146 Å². The molecule has 0 fully saturated rings. The third-order valence-corrected chi connectivity index (χ3v) is 3.38. The summed E-state index contributed by atoms with van der Waals surface area (Å²) in [6.45, 7) is 3.09. The number of nitrogens with one attached hydrogen (secondary N) is 1. The summed E-state index contributed by atoms with van der Waals surface area (Å²) in [6.07, 6.45) is 1.76. The van der Waals surface area contributed by atoms with E-state index in [1.54, 1.807) is 12.1 Å². The number of rotatable bonds is 8. The van der Waals surface area contributed by atoms with Crippen LogP contribution in [-0.4, -0.2) is 32.0 Å². The molecule has 0 unspecified atom stereocenters. The summed E-state index contributed by atoms with van der Waals surface area (Å²) in [7, 11) is 0. The van der Waals surface area contributed by atoms with Crippen LogP contribution >= 0.6 is 0 Å². The van der Waals surface area contributed by atoms with Crippen LogP contribution in [0.15, 0.2) is 53.5 Å². The fourth-order valence-corrected chi connectivity index (χ4v) is 2.17. The van der Waals surface area contributed by atoms with Crippen LogP contribution in [0, 0.1) is 0 Å². The van der Waals surface area contributed by atoms with Crippen molar-refractivity contribution in [3.8, 4) is 0 Å². The molecule has 1 N–H and O–H groups in total. The molecule has 25 heavy (non-hydrogen) atoms. The Hall–Kier alpha value is -2.95. The average molecular weight is 340 g/mol. The molecule has 0 saturated carbocycles.